The summed E-state index contributed by atoms with van der Waals surface area (Å²) < 4.78 is 0. The molecule has 8 heteroatoms. The van der Waals surface area contributed by atoms with E-state index in [1.165, 1.54) is 11.6 Å². The van der Waals surface area contributed by atoms with Crippen molar-refractivity contribution < 1.29 is 15.0 Å². The zero-order chi connectivity index (χ0) is 24.4. The number of likely N-dealkylation sites (N-methyl/N-ethyl adjacent to an activating group) is 1. The summed E-state index contributed by atoms with van der Waals surface area (Å²) in [6, 6.07) is 16.5. The molecule has 0 amide bonds. The molecule has 0 bridgehead atoms. The Kier molecular flexibility index (Phi) is 6.31. The third-order valence-electron chi connectivity index (χ3n) is 6.40. The van der Waals surface area contributed by atoms with E-state index in [-0.39, 0.29) is 11.4 Å². The molecule has 1 fully saturated rings. The monoisotopic (exact) mass is 469 g/mol. The maximum atomic E-state index is 11.6. The average molecular weight is 470 g/mol. The summed E-state index contributed by atoms with van der Waals surface area (Å²) in [7, 11) is 2.15. The highest BCUT2D eigenvalue weighted by Gasteiger charge is 2.20. The van der Waals surface area contributed by atoms with Gasteiger partial charge in [0.1, 0.15) is 0 Å². The Hall–Kier alpha value is -4.01. The number of hydrogen-bond donors (Lipinski definition) is 3. The van der Waals surface area contributed by atoms with E-state index in [1.54, 1.807) is 24.5 Å². The molecule has 0 unspecified atom stereocenters. The van der Waals surface area contributed by atoms with Crippen molar-refractivity contribution >= 4 is 28.3 Å². The number of aromatic hydroxyl groups is 1. The van der Waals surface area contributed by atoms with Crippen LogP contribution in [0.25, 0.3) is 10.9 Å². The van der Waals surface area contributed by atoms with Crippen LogP contribution in [-0.4, -0.2) is 74.9 Å². The van der Waals surface area contributed by atoms with Crippen molar-refractivity contribution in [2.75, 3.05) is 33.2 Å². The van der Waals surface area contributed by atoms with Gasteiger partial charge in [-0.2, -0.15) is 0 Å². The number of aliphatic imine (C=N–C) groups is 1. The first kappa shape index (κ1) is 22.8. The van der Waals surface area contributed by atoms with Crippen molar-refractivity contribution in [2.24, 2.45) is 4.99 Å². The second-order valence-electron chi connectivity index (χ2n) is 8.86. The zero-order valence-corrected chi connectivity index (χ0v) is 19.5. The average Bonchev–Trinajstić information content (AvgIpc) is 3.20. The molecule has 0 saturated carbocycles. The van der Waals surface area contributed by atoms with Crippen LogP contribution in [-0.2, 0) is 6.54 Å². The topological polar surface area (TPSA) is 105 Å². The van der Waals surface area contributed by atoms with Gasteiger partial charge in [0.05, 0.1) is 22.5 Å². The lowest BCUT2D eigenvalue weighted by Gasteiger charge is -2.32. The number of nitrogens with one attached hydrogen (secondary N) is 1. The van der Waals surface area contributed by atoms with Gasteiger partial charge in [0.15, 0.2) is 5.88 Å². The molecule has 0 aliphatic carbocycles. The number of aromatic amines is 1. The molecule has 2 aromatic carbocycles. The van der Waals surface area contributed by atoms with E-state index in [9.17, 15) is 15.0 Å². The molecule has 2 aromatic heterocycles. The number of hydrogen-bond acceptors (Lipinski definition) is 6. The Bertz CT molecular complexity index is 1370. The highest BCUT2D eigenvalue weighted by molar-refractivity contribution is 6.22. The predicted molar refractivity (Wildman–Crippen MR) is 136 cm³/mol. The van der Waals surface area contributed by atoms with Crippen molar-refractivity contribution in [3.05, 3.63) is 89.2 Å². The van der Waals surface area contributed by atoms with Crippen LogP contribution < -0.4 is 0 Å². The smallest absolute Gasteiger partial charge is 0.335 e. The Balaban J connectivity index is 1.52. The number of aromatic nitrogens is 2. The quantitative estimate of drug-likeness (QED) is 0.370. The SMILES string of the molecule is CN1CCN(Cc2ccc(N=C(c3ccncc3)c3c(O)[nH]c4ccc(C(=O)O)cc34)cc2)CC1. The number of nitrogens with zero attached hydrogens (tertiary/aromatic N) is 4. The van der Waals surface area contributed by atoms with Gasteiger partial charge in [0.2, 0.25) is 0 Å². The lowest BCUT2D eigenvalue weighted by Crippen LogP contribution is -2.43. The number of fused-ring (bicyclic) bond motifs is 1. The Labute approximate surface area is 203 Å². The minimum Gasteiger partial charge on any atom is -0.494 e. The van der Waals surface area contributed by atoms with Gasteiger partial charge in [0.25, 0.3) is 0 Å². The van der Waals surface area contributed by atoms with Crippen molar-refractivity contribution in [1.82, 2.24) is 19.8 Å². The first-order chi connectivity index (χ1) is 17.0. The van der Waals surface area contributed by atoms with Crippen LogP contribution in [0, 0.1) is 0 Å². The largest absolute Gasteiger partial charge is 0.494 e. The molecule has 8 nitrogen and oxygen atoms in total. The molecule has 35 heavy (non-hydrogen) atoms. The molecule has 5 rings (SSSR count). The molecule has 0 atom stereocenters. The molecule has 178 valence electrons. The van der Waals surface area contributed by atoms with Crippen LogP contribution in [0.3, 0.4) is 0 Å². The van der Waals surface area contributed by atoms with Gasteiger partial charge in [-0.1, -0.05) is 12.1 Å². The maximum Gasteiger partial charge on any atom is 0.335 e. The summed E-state index contributed by atoms with van der Waals surface area (Å²) >= 11 is 0. The third-order valence-corrected chi connectivity index (χ3v) is 6.40. The first-order valence-electron chi connectivity index (χ1n) is 11.6. The maximum absolute atomic E-state index is 11.6. The molecular formula is C27H27N5O3. The van der Waals surface area contributed by atoms with Crippen LogP contribution in [0.1, 0.15) is 27.0 Å². The van der Waals surface area contributed by atoms with E-state index in [4.69, 9.17) is 4.99 Å². The van der Waals surface area contributed by atoms with Gasteiger partial charge < -0.3 is 20.1 Å². The van der Waals surface area contributed by atoms with Gasteiger partial charge in [-0.05, 0) is 55.1 Å². The Morgan fingerprint density at radius 2 is 1.71 bits per heavy atom. The molecule has 3 N–H and O–H groups in total. The fourth-order valence-electron chi connectivity index (χ4n) is 4.39. The highest BCUT2D eigenvalue weighted by atomic mass is 16.4. The lowest BCUT2D eigenvalue weighted by molar-refractivity contribution is 0.0697. The summed E-state index contributed by atoms with van der Waals surface area (Å²) in [6.07, 6.45) is 3.33. The van der Waals surface area contributed by atoms with E-state index in [1.807, 2.05) is 24.3 Å². The number of piperazine rings is 1. The van der Waals surface area contributed by atoms with Gasteiger partial charge in [-0.25, -0.2) is 9.79 Å². The number of carboxylic acids is 1. The summed E-state index contributed by atoms with van der Waals surface area (Å²) in [5.41, 5.74) is 4.48. The van der Waals surface area contributed by atoms with Crippen LogP contribution in [0.15, 0.2) is 72.0 Å². The normalized spacial score (nSPS) is 15.5. The van der Waals surface area contributed by atoms with E-state index in [2.05, 4.69) is 38.9 Å². The third kappa shape index (κ3) is 4.94. The fraction of sp³-hybridized carbons (Fsp3) is 0.222. The fourth-order valence-corrected chi connectivity index (χ4v) is 4.39. The van der Waals surface area contributed by atoms with Crippen molar-refractivity contribution in [1.29, 1.82) is 0 Å². The van der Waals surface area contributed by atoms with Crippen LogP contribution in [0.5, 0.6) is 5.88 Å². The molecule has 4 aromatic rings. The molecule has 1 aliphatic heterocycles. The highest BCUT2D eigenvalue weighted by Crippen LogP contribution is 2.32. The number of carbonyl (C=O) groups is 1. The molecule has 3 heterocycles. The van der Waals surface area contributed by atoms with E-state index in [0.717, 1.165) is 44.0 Å². The minimum absolute atomic E-state index is 0.0650. The summed E-state index contributed by atoms with van der Waals surface area (Å²) in [6.45, 7) is 5.17. The van der Waals surface area contributed by atoms with Gasteiger partial charge >= 0.3 is 5.97 Å². The van der Waals surface area contributed by atoms with Crippen molar-refractivity contribution in [3.8, 4) is 5.88 Å². The molecule has 0 spiro atoms. The summed E-state index contributed by atoms with van der Waals surface area (Å²) in [5.74, 6) is -1.10. The summed E-state index contributed by atoms with van der Waals surface area (Å²) in [5, 5.41) is 20.9. The molecular weight excluding hydrogens is 442 g/mol. The van der Waals surface area contributed by atoms with Gasteiger partial charge in [-0.3, -0.25) is 9.88 Å². The van der Waals surface area contributed by atoms with E-state index >= 15 is 0 Å². The second-order valence-corrected chi connectivity index (χ2v) is 8.86. The molecule has 1 aliphatic rings. The Morgan fingerprint density at radius 1 is 1.00 bits per heavy atom. The van der Waals surface area contributed by atoms with E-state index in [0.29, 0.717) is 22.2 Å². The summed E-state index contributed by atoms with van der Waals surface area (Å²) in [4.78, 5) is 28.3. The van der Waals surface area contributed by atoms with Crippen LogP contribution in [0.2, 0.25) is 0 Å². The second kappa shape index (κ2) is 9.69. The number of H-pyrrole nitrogens is 1. The van der Waals surface area contributed by atoms with Crippen LogP contribution in [0.4, 0.5) is 5.69 Å². The standard InChI is InChI=1S/C27H27N5O3/c1-31-12-14-32(15-13-31)17-18-2-5-21(6-3-18)29-25(19-8-10-28-11-9-19)24-22-16-20(27(34)35)4-7-23(22)30-26(24)33/h2-11,16,30,33H,12-15,17H2,1H3,(H,34,35). The molecule has 1 saturated heterocycles. The minimum atomic E-state index is -1.03. The van der Waals surface area contributed by atoms with Crippen molar-refractivity contribution in [3.63, 3.8) is 0 Å². The molecule has 0 radical (unpaired) electrons. The number of pyridine rings is 1. The zero-order valence-electron chi connectivity index (χ0n) is 19.5. The number of rotatable bonds is 6. The number of carboxylic acid groups (broad SMARTS) is 1. The number of benzene rings is 2. The first-order valence-corrected chi connectivity index (χ1v) is 11.6. The van der Waals surface area contributed by atoms with Crippen molar-refractivity contribution in [2.45, 2.75) is 6.54 Å². The van der Waals surface area contributed by atoms with Gasteiger partial charge in [-0.15, -0.1) is 0 Å². The van der Waals surface area contributed by atoms with E-state index < -0.39 is 5.97 Å². The van der Waals surface area contributed by atoms with Gasteiger partial charge in [0, 0.05) is 61.6 Å². The Morgan fingerprint density at radius 3 is 2.40 bits per heavy atom. The lowest BCUT2D eigenvalue weighted by atomic mass is 10.0. The van der Waals surface area contributed by atoms with Crippen LogP contribution >= 0.6 is 0 Å². The number of aromatic carboxylic acids is 1. The predicted octanol–water partition coefficient (Wildman–Crippen LogP) is 3.88.